The highest BCUT2D eigenvalue weighted by Gasteiger charge is 2.31. The maximum atomic E-state index is 11.9. The van der Waals surface area contributed by atoms with Gasteiger partial charge in [-0.05, 0) is 45.3 Å². The highest BCUT2D eigenvalue weighted by molar-refractivity contribution is 5.78. The van der Waals surface area contributed by atoms with Gasteiger partial charge in [0.2, 0.25) is 5.91 Å². The number of nitrogens with zero attached hydrogens (tertiary/aromatic N) is 2. The molecular formula is C13H25N3O. The fourth-order valence-corrected chi connectivity index (χ4v) is 2.86. The normalized spacial score (nSPS) is 25.7. The Morgan fingerprint density at radius 2 is 2.06 bits per heavy atom. The third-order valence-electron chi connectivity index (χ3n) is 3.88. The molecule has 0 spiro atoms. The van der Waals surface area contributed by atoms with Crippen LogP contribution < -0.4 is 5.32 Å². The molecule has 0 saturated carbocycles. The number of carbonyl (C=O) groups is 1. The lowest BCUT2D eigenvalue weighted by atomic mass is 10.2. The molecule has 0 bridgehead atoms. The van der Waals surface area contributed by atoms with Gasteiger partial charge in [-0.15, -0.1) is 0 Å². The summed E-state index contributed by atoms with van der Waals surface area (Å²) in [5.41, 5.74) is 0. The van der Waals surface area contributed by atoms with Gasteiger partial charge in [0, 0.05) is 19.1 Å². The summed E-state index contributed by atoms with van der Waals surface area (Å²) in [7, 11) is 0. The van der Waals surface area contributed by atoms with Crippen LogP contribution in [0.1, 0.15) is 32.6 Å². The van der Waals surface area contributed by atoms with Gasteiger partial charge in [-0.1, -0.05) is 6.92 Å². The van der Waals surface area contributed by atoms with Gasteiger partial charge in [0.05, 0.1) is 6.54 Å². The molecule has 0 aliphatic carbocycles. The van der Waals surface area contributed by atoms with Crippen LogP contribution in [0.5, 0.6) is 0 Å². The summed E-state index contributed by atoms with van der Waals surface area (Å²) >= 11 is 0. The average Bonchev–Trinajstić information content (AvgIpc) is 3.00. The molecule has 1 unspecified atom stereocenters. The smallest absolute Gasteiger partial charge is 0.236 e. The van der Waals surface area contributed by atoms with Crippen LogP contribution in [0, 0.1) is 0 Å². The fourth-order valence-electron chi connectivity index (χ4n) is 2.86. The second kappa shape index (κ2) is 6.36. The molecule has 17 heavy (non-hydrogen) atoms. The van der Waals surface area contributed by atoms with Crippen molar-refractivity contribution in [1.29, 1.82) is 0 Å². The lowest BCUT2D eigenvalue weighted by molar-refractivity contribution is -0.129. The van der Waals surface area contributed by atoms with E-state index in [1.54, 1.807) is 0 Å². The Hall–Kier alpha value is -0.610. The molecule has 98 valence electrons. The summed E-state index contributed by atoms with van der Waals surface area (Å²) < 4.78 is 0. The molecule has 0 aromatic heterocycles. The highest BCUT2D eigenvalue weighted by Crippen LogP contribution is 2.20. The van der Waals surface area contributed by atoms with Crippen molar-refractivity contribution < 1.29 is 4.79 Å². The third-order valence-corrected chi connectivity index (χ3v) is 3.88. The highest BCUT2D eigenvalue weighted by atomic mass is 16.2. The Labute approximate surface area is 104 Å². The number of rotatable bonds is 5. The molecule has 2 aliphatic heterocycles. The van der Waals surface area contributed by atoms with E-state index in [1.165, 1.54) is 32.4 Å². The second-order valence-electron chi connectivity index (χ2n) is 5.20. The predicted molar refractivity (Wildman–Crippen MR) is 69.0 cm³/mol. The fraction of sp³-hybridized carbons (Fsp3) is 0.923. The Morgan fingerprint density at radius 3 is 2.76 bits per heavy atom. The van der Waals surface area contributed by atoms with Crippen molar-refractivity contribution in [1.82, 2.24) is 15.1 Å². The second-order valence-corrected chi connectivity index (χ2v) is 5.20. The Bertz CT molecular complexity index is 251. The molecule has 1 N–H and O–H groups in total. The summed E-state index contributed by atoms with van der Waals surface area (Å²) in [5.74, 6) is 0.278. The molecule has 2 fully saturated rings. The van der Waals surface area contributed by atoms with Crippen molar-refractivity contribution in [3.8, 4) is 0 Å². The van der Waals surface area contributed by atoms with Gasteiger partial charge in [0.1, 0.15) is 0 Å². The van der Waals surface area contributed by atoms with Crippen LogP contribution in [0.2, 0.25) is 0 Å². The quantitative estimate of drug-likeness (QED) is 0.717. The first-order valence-corrected chi connectivity index (χ1v) is 7.04. The zero-order valence-electron chi connectivity index (χ0n) is 11.0. The minimum Gasteiger partial charge on any atom is -0.340 e. The summed E-state index contributed by atoms with van der Waals surface area (Å²) in [6, 6.07) is 0.632. The molecule has 2 heterocycles. The van der Waals surface area contributed by atoms with E-state index in [2.05, 4.69) is 17.1 Å². The first-order chi connectivity index (χ1) is 8.31. The Kier molecular flexibility index (Phi) is 4.80. The van der Waals surface area contributed by atoms with Gasteiger partial charge >= 0.3 is 0 Å². The van der Waals surface area contributed by atoms with Crippen LogP contribution in [0.3, 0.4) is 0 Å². The van der Waals surface area contributed by atoms with Crippen molar-refractivity contribution in [2.24, 2.45) is 0 Å². The van der Waals surface area contributed by atoms with Gasteiger partial charge in [-0.3, -0.25) is 9.69 Å². The first-order valence-electron chi connectivity index (χ1n) is 7.04. The molecule has 2 rings (SSSR count). The van der Waals surface area contributed by atoms with Crippen molar-refractivity contribution >= 4 is 5.91 Å². The van der Waals surface area contributed by atoms with E-state index in [4.69, 9.17) is 0 Å². The monoisotopic (exact) mass is 239 g/mol. The molecule has 2 saturated heterocycles. The van der Waals surface area contributed by atoms with Crippen LogP contribution in [-0.2, 0) is 4.79 Å². The topological polar surface area (TPSA) is 35.6 Å². The Balaban J connectivity index is 1.71. The zero-order chi connectivity index (χ0) is 12.1. The predicted octanol–water partition coefficient (Wildman–Crippen LogP) is 0.683. The molecule has 4 nitrogen and oxygen atoms in total. The van der Waals surface area contributed by atoms with Crippen molar-refractivity contribution in [2.45, 2.75) is 38.6 Å². The molecule has 1 atom stereocenters. The largest absolute Gasteiger partial charge is 0.340 e. The van der Waals surface area contributed by atoms with E-state index in [1.807, 2.05) is 4.90 Å². The summed E-state index contributed by atoms with van der Waals surface area (Å²) in [5, 5.41) is 3.19. The van der Waals surface area contributed by atoms with Gasteiger partial charge in [0.25, 0.3) is 0 Å². The number of amides is 1. The van der Waals surface area contributed by atoms with Gasteiger partial charge < -0.3 is 10.2 Å². The Morgan fingerprint density at radius 1 is 1.29 bits per heavy atom. The van der Waals surface area contributed by atoms with E-state index in [0.29, 0.717) is 12.6 Å². The van der Waals surface area contributed by atoms with Gasteiger partial charge in [0.15, 0.2) is 0 Å². The van der Waals surface area contributed by atoms with E-state index >= 15 is 0 Å². The zero-order valence-corrected chi connectivity index (χ0v) is 11.0. The maximum absolute atomic E-state index is 11.9. The molecule has 0 radical (unpaired) electrons. The minimum atomic E-state index is 0.278. The maximum Gasteiger partial charge on any atom is 0.236 e. The van der Waals surface area contributed by atoms with E-state index in [0.717, 1.165) is 26.1 Å². The standard InChI is InChI=1S/C13H25N3O/c1-2-6-14-10-13(17)16-9-5-12(11-16)15-7-3-4-8-15/h12,14H,2-11H2,1H3. The number of likely N-dealkylation sites (tertiary alicyclic amines) is 2. The van der Waals surface area contributed by atoms with E-state index in [9.17, 15) is 4.79 Å². The van der Waals surface area contributed by atoms with E-state index in [-0.39, 0.29) is 5.91 Å². The van der Waals surface area contributed by atoms with E-state index < -0.39 is 0 Å². The van der Waals surface area contributed by atoms with Crippen molar-refractivity contribution in [2.75, 3.05) is 39.3 Å². The first kappa shape index (κ1) is 12.8. The van der Waals surface area contributed by atoms with Crippen LogP contribution in [0.15, 0.2) is 0 Å². The average molecular weight is 239 g/mol. The van der Waals surface area contributed by atoms with Crippen molar-refractivity contribution in [3.63, 3.8) is 0 Å². The molecule has 4 heteroatoms. The number of carbonyl (C=O) groups excluding carboxylic acids is 1. The molecular weight excluding hydrogens is 214 g/mol. The van der Waals surface area contributed by atoms with Crippen molar-refractivity contribution in [3.05, 3.63) is 0 Å². The van der Waals surface area contributed by atoms with Crippen LogP contribution in [0.25, 0.3) is 0 Å². The molecule has 0 aromatic carbocycles. The number of hydrogen-bond acceptors (Lipinski definition) is 3. The molecule has 2 aliphatic rings. The lowest BCUT2D eigenvalue weighted by Gasteiger charge is -2.23. The minimum absolute atomic E-state index is 0.278. The van der Waals surface area contributed by atoms with Crippen LogP contribution in [0.4, 0.5) is 0 Å². The number of nitrogens with one attached hydrogen (secondary N) is 1. The van der Waals surface area contributed by atoms with Crippen LogP contribution in [-0.4, -0.2) is 61.0 Å². The third kappa shape index (κ3) is 3.42. The van der Waals surface area contributed by atoms with Crippen LogP contribution >= 0.6 is 0 Å². The van der Waals surface area contributed by atoms with Gasteiger partial charge in [-0.25, -0.2) is 0 Å². The summed E-state index contributed by atoms with van der Waals surface area (Å²) in [6.07, 6.45) is 4.92. The SMILES string of the molecule is CCCNCC(=O)N1CCC(N2CCCC2)C1. The summed E-state index contributed by atoms with van der Waals surface area (Å²) in [6.45, 7) is 7.95. The molecule has 1 amide bonds. The lowest BCUT2D eigenvalue weighted by Crippen LogP contribution is -2.40. The number of hydrogen-bond donors (Lipinski definition) is 1. The molecule has 0 aromatic rings. The van der Waals surface area contributed by atoms with Gasteiger partial charge in [-0.2, -0.15) is 0 Å². The summed E-state index contributed by atoms with van der Waals surface area (Å²) in [4.78, 5) is 16.5.